The summed E-state index contributed by atoms with van der Waals surface area (Å²) < 4.78 is 0. The third-order valence-electron chi connectivity index (χ3n) is 2.39. The van der Waals surface area contributed by atoms with Crippen LogP contribution in [0.15, 0.2) is 18.2 Å². The van der Waals surface area contributed by atoms with Crippen molar-refractivity contribution in [1.82, 2.24) is 5.32 Å². The molecule has 104 valence electrons. The molecule has 1 aromatic rings. The van der Waals surface area contributed by atoms with Crippen molar-refractivity contribution in [1.29, 1.82) is 0 Å². The van der Waals surface area contributed by atoms with Crippen LogP contribution < -0.4 is 16.6 Å². The van der Waals surface area contributed by atoms with E-state index in [0.717, 1.165) is 0 Å². The molecule has 0 atom stereocenters. The summed E-state index contributed by atoms with van der Waals surface area (Å²) >= 11 is 0. The molecule has 0 unspecified atom stereocenters. The van der Waals surface area contributed by atoms with Gasteiger partial charge in [-0.2, -0.15) is 0 Å². The number of hydrogen-bond acceptors (Lipinski definition) is 5. The quantitative estimate of drug-likeness (QED) is 0.436. The van der Waals surface area contributed by atoms with Gasteiger partial charge in [0.25, 0.3) is 11.6 Å². The van der Waals surface area contributed by atoms with Gasteiger partial charge in [-0.25, -0.2) is 0 Å². The lowest BCUT2D eigenvalue weighted by Gasteiger charge is -2.18. The SMILES string of the molecule is CC(C)(C)CNC(=O)c1ccc([N+](=O)[O-])c(NN)c1. The molecule has 0 radical (unpaired) electrons. The first-order chi connectivity index (χ1) is 8.74. The van der Waals surface area contributed by atoms with Crippen LogP contribution in [0.1, 0.15) is 31.1 Å². The zero-order valence-corrected chi connectivity index (χ0v) is 11.2. The molecule has 1 amide bonds. The van der Waals surface area contributed by atoms with Gasteiger partial charge in [0, 0.05) is 18.2 Å². The standard InChI is InChI=1S/C12H18N4O3/c1-12(2,3)7-14-11(17)8-4-5-10(16(18)19)9(6-8)15-13/h4-6,15H,7,13H2,1-3H3,(H,14,17). The van der Waals surface area contributed by atoms with Crippen LogP contribution in [0, 0.1) is 15.5 Å². The number of rotatable bonds is 4. The normalized spacial score (nSPS) is 10.9. The largest absolute Gasteiger partial charge is 0.352 e. The number of nitro benzene ring substituents is 1. The summed E-state index contributed by atoms with van der Waals surface area (Å²) in [6.45, 7) is 6.50. The Morgan fingerprint density at radius 1 is 1.42 bits per heavy atom. The highest BCUT2D eigenvalue weighted by molar-refractivity contribution is 5.95. The second-order valence-electron chi connectivity index (χ2n) is 5.38. The van der Waals surface area contributed by atoms with Crippen LogP contribution in [0.4, 0.5) is 11.4 Å². The van der Waals surface area contributed by atoms with Crippen LogP contribution in [0.25, 0.3) is 0 Å². The van der Waals surface area contributed by atoms with E-state index in [-0.39, 0.29) is 22.7 Å². The van der Waals surface area contributed by atoms with E-state index >= 15 is 0 Å². The molecule has 0 saturated heterocycles. The molecule has 0 bridgehead atoms. The molecule has 0 spiro atoms. The average Bonchev–Trinajstić information content (AvgIpc) is 2.34. The predicted octanol–water partition coefficient (Wildman–Crippen LogP) is 1.66. The summed E-state index contributed by atoms with van der Waals surface area (Å²) in [4.78, 5) is 22.1. The molecule has 1 aromatic carbocycles. The Labute approximate surface area is 111 Å². The summed E-state index contributed by atoms with van der Waals surface area (Å²) in [6, 6.07) is 4.01. The molecule has 7 nitrogen and oxygen atoms in total. The maximum absolute atomic E-state index is 11.9. The third kappa shape index (κ3) is 4.22. The fraction of sp³-hybridized carbons (Fsp3) is 0.417. The lowest BCUT2D eigenvalue weighted by molar-refractivity contribution is -0.384. The average molecular weight is 266 g/mol. The number of nitrogens with zero attached hydrogens (tertiary/aromatic N) is 1. The smallest absolute Gasteiger partial charge is 0.293 e. The maximum Gasteiger partial charge on any atom is 0.293 e. The summed E-state index contributed by atoms with van der Waals surface area (Å²) in [7, 11) is 0. The van der Waals surface area contributed by atoms with Crippen molar-refractivity contribution < 1.29 is 9.72 Å². The minimum atomic E-state index is -0.563. The van der Waals surface area contributed by atoms with Crippen LogP contribution in [-0.4, -0.2) is 17.4 Å². The predicted molar refractivity (Wildman–Crippen MR) is 72.7 cm³/mol. The van der Waals surface area contributed by atoms with Crippen molar-refractivity contribution in [2.24, 2.45) is 11.3 Å². The van der Waals surface area contributed by atoms with Gasteiger partial charge in [0.15, 0.2) is 0 Å². The zero-order chi connectivity index (χ0) is 14.6. The summed E-state index contributed by atoms with van der Waals surface area (Å²) in [5, 5.41) is 13.5. The summed E-state index contributed by atoms with van der Waals surface area (Å²) in [6.07, 6.45) is 0. The van der Waals surface area contributed by atoms with Crippen LogP contribution in [0.5, 0.6) is 0 Å². The Bertz CT molecular complexity index is 494. The van der Waals surface area contributed by atoms with Gasteiger partial charge in [-0.1, -0.05) is 20.8 Å². The van der Waals surface area contributed by atoms with E-state index in [1.54, 1.807) is 0 Å². The molecule has 0 aliphatic rings. The number of hydrazine groups is 1. The van der Waals surface area contributed by atoms with Gasteiger partial charge in [-0.15, -0.1) is 0 Å². The number of hydrogen-bond donors (Lipinski definition) is 3. The molecule has 1 rings (SSSR count). The van der Waals surface area contributed by atoms with Gasteiger partial charge in [-0.05, 0) is 17.5 Å². The topological polar surface area (TPSA) is 110 Å². The van der Waals surface area contributed by atoms with Gasteiger partial charge in [0.1, 0.15) is 5.69 Å². The Morgan fingerprint density at radius 3 is 2.53 bits per heavy atom. The number of carbonyl (C=O) groups excluding carboxylic acids is 1. The Kier molecular flexibility index (Phi) is 4.44. The van der Waals surface area contributed by atoms with Crippen LogP contribution in [0.3, 0.4) is 0 Å². The Hall–Kier alpha value is -2.15. The number of nitrogens with two attached hydrogens (primary N) is 1. The van der Waals surface area contributed by atoms with E-state index in [1.165, 1.54) is 18.2 Å². The third-order valence-corrected chi connectivity index (χ3v) is 2.39. The highest BCUT2D eigenvalue weighted by atomic mass is 16.6. The van der Waals surface area contributed by atoms with E-state index in [0.29, 0.717) is 12.1 Å². The minimum absolute atomic E-state index is 0.0363. The first-order valence-corrected chi connectivity index (χ1v) is 5.78. The summed E-state index contributed by atoms with van der Waals surface area (Å²) in [5.74, 6) is 4.92. The molecule has 0 saturated carbocycles. The Morgan fingerprint density at radius 2 is 2.05 bits per heavy atom. The molecule has 0 aromatic heterocycles. The van der Waals surface area contributed by atoms with Crippen molar-refractivity contribution in [3.63, 3.8) is 0 Å². The van der Waals surface area contributed by atoms with Crippen molar-refractivity contribution >= 4 is 17.3 Å². The van der Waals surface area contributed by atoms with Crippen molar-refractivity contribution in [3.8, 4) is 0 Å². The number of carbonyl (C=O) groups is 1. The fourth-order valence-corrected chi connectivity index (χ4v) is 1.40. The Balaban J connectivity index is 2.90. The van der Waals surface area contributed by atoms with Crippen molar-refractivity contribution in [2.45, 2.75) is 20.8 Å². The summed E-state index contributed by atoms with van der Waals surface area (Å²) in [5.41, 5.74) is 2.44. The maximum atomic E-state index is 11.9. The number of benzene rings is 1. The number of anilines is 1. The van der Waals surface area contributed by atoms with E-state index in [2.05, 4.69) is 10.7 Å². The van der Waals surface area contributed by atoms with E-state index < -0.39 is 4.92 Å². The van der Waals surface area contributed by atoms with Gasteiger partial charge < -0.3 is 10.7 Å². The number of nitro groups is 1. The highest BCUT2D eigenvalue weighted by Crippen LogP contribution is 2.24. The molecule has 0 fully saturated rings. The minimum Gasteiger partial charge on any atom is -0.352 e. The molecule has 19 heavy (non-hydrogen) atoms. The second kappa shape index (κ2) is 5.66. The molecule has 0 aliphatic heterocycles. The number of amides is 1. The van der Waals surface area contributed by atoms with E-state index in [1.807, 2.05) is 20.8 Å². The molecular formula is C12H18N4O3. The van der Waals surface area contributed by atoms with Crippen LogP contribution >= 0.6 is 0 Å². The van der Waals surface area contributed by atoms with Gasteiger partial charge in [0.05, 0.1) is 4.92 Å². The van der Waals surface area contributed by atoms with E-state index in [9.17, 15) is 14.9 Å². The number of nitrogen functional groups attached to an aromatic ring is 1. The first-order valence-electron chi connectivity index (χ1n) is 5.78. The highest BCUT2D eigenvalue weighted by Gasteiger charge is 2.17. The second-order valence-corrected chi connectivity index (χ2v) is 5.38. The molecular weight excluding hydrogens is 248 g/mol. The number of nitrogens with one attached hydrogen (secondary N) is 2. The van der Waals surface area contributed by atoms with Crippen molar-refractivity contribution in [2.75, 3.05) is 12.0 Å². The molecule has 7 heteroatoms. The lowest BCUT2D eigenvalue weighted by Crippen LogP contribution is -2.32. The fourth-order valence-electron chi connectivity index (χ4n) is 1.40. The lowest BCUT2D eigenvalue weighted by atomic mass is 9.97. The van der Waals surface area contributed by atoms with Gasteiger partial charge in [-0.3, -0.25) is 20.8 Å². The van der Waals surface area contributed by atoms with Gasteiger partial charge >= 0.3 is 0 Å². The van der Waals surface area contributed by atoms with E-state index in [4.69, 9.17) is 5.84 Å². The van der Waals surface area contributed by atoms with Gasteiger partial charge in [0.2, 0.25) is 0 Å². The molecule has 4 N–H and O–H groups in total. The van der Waals surface area contributed by atoms with Crippen LogP contribution in [-0.2, 0) is 0 Å². The van der Waals surface area contributed by atoms with Crippen molar-refractivity contribution in [3.05, 3.63) is 33.9 Å². The zero-order valence-electron chi connectivity index (χ0n) is 11.2. The monoisotopic (exact) mass is 266 g/mol. The first kappa shape index (κ1) is 14.9. The molecule has 0 heterocycles. The molecule has 0 aliphatic carbocycles. The van der Waals surface area contributed by atoms with Crippen LogP contribution in [0.2, 0.25) is 0 Å².